The molecule has 3 rings (SSSR count). The number of carbonyl (C=O) groups is 1. The molecule has 1 N–H and O–H groups in total. The number of benzene rings is 3. The van der Waals surface area contributed by atoms with Gasteiger partial charge in [-0.1, -0.05) is 70.0 Å². The monoisotopic (exact) mass is 487 g/mol. The molecule has 0 saturated heterocycles. The van der Waals surface area contributed by atoms with Crippen molar-refractivity contribution in [2.75, 3.05) is 0 Å². The second kappa shape index (κ2) is 8.57. The fourth-order valence-corrected chi connectivity index (χ4v) is 3.84. The molecule has 0 aliphatic heterocycles. The maximum atomic E-state index is 12.3. The molecule has 0 aliphatic rings. The topological polar surface area (TPSA) is 29.1 Å². The van der Waals surface area contributed by atoms with Crippen molar-refractivity contribution in [2.24, 2.45) is 5.92 Å². The molecule has 1 atom stereocenters. The first-order valence-electron chi connectivity index (χ1n) is 9.11. The van der Waals surface area contributed by atoms with Gasteiger partial charge in [-0.15, -0.1) is 0 Å². The smallest absolute Gasteiger partial charge is 0.251 e. The van der Waals surface area contributed by atoms with E-state index in [9.17, 15) is 4.79 Å². The van der Waals surface area contributed by atoms with Crippen LogP contribution in [-0.4, -0.2) is 11.9 Å². The zero-order valence-electron chi connectivity index (χ0n) is 15.7. The van der Waals surface area contributed by atoms with E-state index in [1.807, 2.05) is 31.2 Å². The average Bonchev–Trinajstić information content (AvgIpc) is 2.65. The van der Waals surface area contributed by atoms with Crippen LogP contribution >= 0.6 is 31.9 Å². The minimum Gasteiger partial charge on any atom is -0.349 e. The number of hydrogen-bond acceptors (Lipinski definition) is 1. The highest BCUT2D eigenvalue weighted by Gasteiger charge is 2.12. The van der Waals surface area contributed by atoms with Crippen LogP contribution in [0.5, 0.6) is 0 Å². The van der Waals surface area contributed by atoms with Crippen LogP contribution in [0.1, 0.15) is 42.3 Å². The van der Waals surface area contributed by atoms with Gasteiger partial charge < -0.3 is 5.32 Å². The van der Waals surface area contributed by atoms with Gasteiger partial charge in [-0.05, 0) is 71.5 Å². The van der Waals surface area contributed by atoms with Crippen LogP contribution in [0, 0.1) is 5.92 Å². The summed E-state index contributed by atoms with van der Waals surface area (Å²) in [6, 6.07) is 18.7. The van der Waals surface area contributed by atoms with Gasteiger partial charge in [-0.25, -0.2) is 0 Å². The molecule has 1 amide bonds. The first kappa shape index (κ1) is 20.1. The van der Waals surface area contributed by atoms with Crippen LogP contribution < -0.4 is 5.32 Å². The van der Waals surface area contributed by atoms with Gasteiger partial charge in [0.25, 0.3) is 5.91 Å². The zero-order valence-corrected chi connectivity index (χ0v) is 18.9. The molecular formula is C23H23Br2NO. The molecule has 0 saturated carbocycles. The van der Waals surface area contributed by atoms with Crippen molar-refractivity contribution in [2.45, 2.75) is 33.2 Å². The Balaban J connectivity index is 1.76. The maximum Gasteiger partial charge on any atom is 0.251 e. The third kappa shape index (κ3) is 4.80. The van der Waals surface area contributed by atoms with E-state index in [1.165, 1.54) is 21.9 Å². The van der Waals surface area contributed by atoms with Gasteiger partial charge in [0.1, 0.15) is 0 Å². The summed E-state index contributed by atoms with van der Waals surface area (Å²) >= 11 is 7.25. The van der Waals surface area contributed by atoms with E-state index >= 15 is 0 Å². The van der Waals surface area contributed by atoms with Crippen molar-refractivity contribution >= 4 is 48.5 Å². The van der Waals surface area contributed by atoms with E-state index in [1.54, 1.807) is 0 Å². The SMILES string of the molecule is CC(C)C(C)NC(=O)c1ccc(Cc2ccc3c(Br)ccc(Br)c3c2)cc1. The van der Waals surface area contributed by atoms with Crippen LogP contribution in [0.25, 0.3) is 10.8 Å². The lowest BCUT2D eigenvalue weighted by molar-refractivity contribution is 0.0930. The second-order valence-corrected chi connectivity index (χ2v) is 9.00. The molecule has 1 unspecified atom stereocenters. The molecule has 4 heteroatoms. The van der Waals surface area contributed by atoms with Crippen LogP contribution in [0.15, 0.2) is 63.5 Å². The number of halogens is 2. The number of fused-ring (bicyclic) bond motifs is 1. The van der Waals surface area contributed by atoms with Gasteiger partial charge in [-0.2, -0.15) is 0 Å². The summed E-state index contributed by atoms with van der Waals surface area (Å²) in [5.41, 5.74) is 3.14. The second-order valence-electron chi connectivity index (χ2n) is 7.29. The molecule has 0 fully saturated rings. The van der Waals surface area contributed by atoms with Gasteiger partial charge in [0.15, 0.2) is 0 Å². The fraction of sp³-hybridized carbons (Fsp3) is 0.261. The molecule has 2 nitrogen and oxygen atoms in total. The minimum atomic E-state index is -0.0118. The molecule has 3 aromatic rings. The van der Waals surface area contributed by atoms with E-state index in [-0.39, 0.29) is 11.9 Å². The molecule has 0 radical (unpaired) electrons. The van der Waals surface area contributed by atoms with Crippen molar-refractivity contribution < 1.29 is 4.79 Å². The standard InChI is InChI=1S/C23H23Br2NO/c1-14(2)15(3)26-23(27)18-7-4-16(5-8-18)12-17-6-9-19-20(13-17)22(25)11-10-21(19)24/h4-11,13-15H,12H2,1-3H3,(H,26,27). The predicted molar refractivity (Wildman–Crippen MR) is 120 cm³/mol. The molecule has 0 spiro atoms. The highest BCUT2D eigenvalue weighted by atomic mass is 79.9. The highest BCUT2D eigenvalue weighted by molar-refractivity contribution is 9.11. The molecule has 3 aromatic carbocycles. The van der Waals surface area contributed by atoms with Crippen molar-refractivity contribution in [3.63, 3.8) is 0 Å². The summed E-state index contributed by atoms with van der Waals surface area (Å²) in [5.74, 6) is 0.405. The van der Waals surface area contributed by atoms with E-state index in [2.05, 4.69) is 81.4 Å². The van der Waals surface area contributed by atoms with E-state index in [0.717, 1.165) is 15.4 Å². The Labute approximate surface area is 177 Å². The highest BCUT2D eigenvalue weighted by Crippen LogP contribution is 2.31. The van der Waals surface area contributed by atoms with Crippen LogP contribution in [0.3, 0.4) is 0 Å². The number of amides is 1. The summed E-state index contributed by atoms with van der Waals surface area (Å²) in [6.45, 7) is 6.25. The summed E-state index contributed by atoms with van der Waals surface area (Å²) in [4.78, 5) is 12.3. The third-order valence-electron chi connectivity index (χ3n) is 4.96. The third-order valence-corrected chi connectivity index (χ3v) is 6.34. The number of rotatable bonds is 5. The van der Waals surface area contributed by atoms with Gasteiger partial charge >= 0.3 is 0 Å². The zero-order chi connectivity index (χ0) is 19.6. The van der Waals surface area contributed by atoms with Gasteiger partial charge in [0.05, 0.1) is 0 Å². The Hall–Kier alpha value is -1.65. The van der Waals surface area contributed by atoms with E-state index in [0.29, 0.717) is 11.5 Å². The van der Waals surface area contributed by atoms with Crippen LogP contribution in [-0.2, 0) is 6.42 Å². The van der Waals surface area contributed by atoms with Crippen molar-refractivity contribution in [3.8, 4) is 0 Å². The molecule has 0 aromatic heterocycles. The molecule has 140 valence electrons. The Morgan fingerprint density at radius 2 is 1.44 bits per heavy atom. The first-order chi connectivity index (χ1) is 12.8. The maximum absolute atomic E-state index is 12.3. The Morgan fingerprint density at radius 3 is 2.07 bits per heavy atom. The normalized spacial score (nSPS) is 12.4. The molecule has 27 heavy (non-hydrogen) atoms. The molecule has 0 aliphatic carbocycles. The number of nitrogens with one attached hydrogen (secondary N) is 1. The summed E-state index contributed by atoms with van der Waals surface area (Å²) in [5, 5.41) is 5.44. The fourth-order valence-electron chi connectivity index (χ4n) is 2.90. The van der Waals surface area contributed by atoms with Crippen molar-refractivity contribution in [1.82, 2.24) is 5.32 Å². The largest absolute Gasteiger partial charge is 0.349 e. The van der Waals surface area contributed by atoms with Crippen LogP contribution in [0.2, 0.25) is 0 Å². The Kier molecular flexibility index (Phi) is 6.38. The van der Waals surface area contributed by atoms with Gasteiger partial charge in [-0.3, -0.25) is 4.79 Å². The lowest BCUT2D eigenvalue weighted by Crippen LogP contribution is -2.36. The van der Waals surface area contributed by atoms with Gasteiger partial charge in [0, 0.05) is 20.6 Å². The summed E-state index contributed by atoms with van der Waals surface area (Å²) in [6.07, 6.45) is 0.833. The predicted octanol–water partition coefficient (Wildman–Crippen LogP) is 6.73. The van der Waals surface area contributed by atoms with Crippen molar-refractivity contribution in [1.29, 1.82) is 0 Å². The van der Waals surface area contributed by atoms with Crippen LogP contribution in [0.4, 0.5) is 0 Å². The number of carbonyl (C=O) groups excluding carboxylic acids is 1. The lowest BCUT2D eigenvalue weighted by Gasteiger charge is -2.17. The average molecular weight is 489 g/mol. The molecule has 0 heterocycles. The molecule has 0 bridgehead atoms. The Bertz CT molecular complexity index is 964. The molecular weight excluding hydrogens is 466 g/mol. The van der Waals surface area contributed by atoms with Crippen molar-refractivity contribution in [3.05, 3.63) is 80.2 Å². The summed E-state index contributed by atoms with van der Waals surface area (Å²) in [7, 11) is 0. The first-order valence-corrected chi connectivity index (χ1v) is 10.7. The minimum absolute atomic E-state index is 0.0118. The van der Waals surface area contributed by atoms with E-state index in [4.69, 9.17) is 0 Å². The number of hydrogen-bond donors (Lipinski definition) is 1. The quantitative estimate of drug-likeness (QED) is 0.423. The van der Waals surface area contributed by atoms with Gasteiger partial charge in [0.2, 0.25) is 0 Å². The van der Waals surface area contributed by atoms with E-state index < -0.39 is 0 Å². The Morgan fingerprint density at radius 1 is 0.852 bits per heavy atom. The summed E-state index contributed by atoms with van der Waals surface area (Å²) < 4.78 is 2.19. The lowest BCUT2D eigenvalue weighted by atomic mass is 10.00.